The van der Waals surface area contributed by atoms with Gasteiger partial charge in [-0.15, -0.1) is 0 Å². The maximum Gasteiger partial charge on any atom is 0.303 e. The lowest BCUT2D eigenvalue weighted by atomic mass is 9.98. The molecule has 28 heavy (non-hydrogen) atoms. The van der Waals surface area contributed by atoms with E-state index in [1.54, 1.807) is 0 Å². The first-order valence-electron chi connectivity index (χ1n) is 9.31. The summed E-state index contributed by atoms with van der Waals surface area (Å²) in [5.41, 5.74) is 6.58. The van der Waals surface area contributed by atoms with E-state index in [4.69, 9.17) is 10.5 Å². The van der Waals surface area contributed by atoms with Crippen LogP contribution in [0.3, 0.4) is 0 Å². The van der Waals surface area contributed by atoms with Crippen molar-refractivity contribution in [3.63, 3.8) is 0 Å². The van der Waals surface area contributed by atoms with E-state index < -0.39 is 5.97 Å². The molecule has 0 fully saturated rings. The van der Waals surface area contributed by atoms with Crippen molar-refractivity contribution in [2.45, 2.75) is 26.3 Å². The molecule has 3 aromatic rings. The van der Waals surface area contributed by atoms with Crippen LogP contribution in [0.5, 0.6) is 0 Å². The fourth-order valence-electron chi connectivity index (χ4n) is 3.12. The molecule has 0 unspecified atom stereocenters. The molecule has 3 aromatic carbocycles. The SMILES string of the molecule is Cc1cc(CNc2ccc(CCC(=O)O)cc2)cc(C(=N)c2ccccc2)c1. The van der Waals surface area contributed by atoms with Crippen LogP contribution in [0.2, 0.25) is 0 Å². The highest BCUT2D eigenvalue weighted by Gasteiger charge is 2.07. The van der Waals surface area contributed by atoms with Crippen molar-refractivity contribution in [1.82, 2.24) is 0 Å². The average molecular weight is 372 g/mol. The Morgan fingerprint density at radius 3 is 2.32 bits per heavy atom. The molecule has 4 heteroatoms. The summed E-state index contributed by atoms with van der Waals surface area (Å²) in [6.45, 7) is 2.70. The Morgan fingerprint density at radius 1 is 0.929 bits per heavy atom. The molecule has 0 amide bonds. The molecule has 3 N–H and O–H groups in total. The van der Waals surface area contributed by atoms with Gasteiger partial charge in [0.1, 0.15) is 0 Å². The highest BCUT2D eigenvalue weighted by Crippen LogP contribution is 2.17. The van der Waals surface area contributed by atoms with Crippen LogP contribution in [0.1, 0.15) is 34.2 Å². The van der Waals surface area contributed by atoms with E-state index in [2.05, 4.69) is 17.4 Å². The normalized spacial score (nSPS) is 10.5. The van der Waals surface area contributed by atoms with E-state index in [-0.39, 0.29) is 6.42 Å². The Hall–Kier alpha value is -3.40. The fraction of sp³-hybridized carbons (Fsp3) is 0.167. The quantitative estimate of drug-likeness (QED) is 0.485. The number of carboxylic acids is 1. The van der Waals surface area contributed by atoms with Gasteiger partial charge in [0, 0.05) is 24.2 Å². The predicted molar refractivity (Wildman–Crippen MR) is 113 cm³/mol. The molecule has 0 aromatic heterocycles. The van der Waals surface area contributed by atoms with Gasteiger partial charge < -0.3 is 10.4 Å². The number of anilines is 1. The zero-order valence-corrected chi connectivity index (χ0v) is 15.9. The van der Waals surface area contributed by atoms with E-state index in [1.165, 1.54) is 0 Å². The van der Waals surface area contributed by atoms with Crippen LogP contribution in [0.25, 0.3) is 0 Å². The van der Waals surface area contributed by atoms with Crippen LogP contribution < -0.4 is 5.32 Å². The van der Waals surface area contributed by atoms with Crippen LogP contribution in [-0.4, -0.2) is 16.8 Å². The maximum atomic E-state index is 10.7. The number of hydrogen-bond acceptors (Lipinski definition) is 3. The summed E-state index contributed by atoms with van der Waals surface area (Å²) in [5, 5.41) is 20.7. The van der Waals surface area contributed by atoms with Crippen LogP contribution in [0.15, 0.2) is 72.8 Å². The van der Waals surface area contributed by atoms with Crippen molar-refractivity contribution in [2.75, 3.05) is 5.32 Å². The third-order valence-corrected chi connectivity index (χ3v) is 4.57. The van der Waals surface area contributed by atoms with Gasteiger partial charge in [0.05, 0.1) is 5.71 Å². The van der Waals surface area contributed by atoms with E-state index in [0.717, 1.165) is 33.5 Å². The van der Waals surface area contributed by atoms with Crippen molar-refractivity contribution in [2.24, 2.45) is 0 Å². The monoisotopic (exact) mass is 372 g/mol. The summed E-state index contributed by atoms with van der Waals surface area (Å²) < 4.78 is 0. The number of carbonyl (C=O) groups is 1. The molecular formula is C24H24N2O2. The number of carboxylic acid groups (broad SMARTS) is 1. The van der Waals surface area contributed by atoms with Gasteiger partial charge in [0.15, 0.2) is 0 Å². The van der Waals surface area contributed by atoms with Gasteiger partial charge in [-0.1, -0.05) is 54.1 Å². The minimum Gasteiger partial charge on any atom is -0.481 e. The Labute approximate surface area is 165 Å². The second-order valence-corrected chi connectivity index (χ2v) is 6.89. The molecule has 4 nitrogen and oxygen atoms in total. The van der Waals surface area contributed by atoms with Crippen LogP contribution in [-0.2, 0) is 17.8 Å². The van der Waals surface area contributed by atoms with E-state index in [0.29, 0.717) is 18.7 Å². The molecule has 3 rings (SSSR count). The molecule has 0 aliphatic heterocycles. The van der Waals surface area contributed by atoms with Crippen molar-refractivity contribution in [3.8, 4) is 0 Å². The first kappa shape index (κ1) is 19.4. The topological polar surface area (TPSA) is 73.2 Å². The highest BCUT2D eigenvalue weighted by atomic mass is 16.4. The molecule has 0 saturated heterocycles. The first-order chi connectivity index (χ1) is 13.5. The lowest BCUT2D eigenvalue weighted by Crippen LogP contribution is -2.05. The van der Waals surface area contributed by atoms with Crippen molar-refractivity contribution in [1.29, 1.82) is 5.41 Å². The largest absolute Gasteiger partial charge is 0.481 e. The van der Waals surface area contributed by atoms with Crippen molar-refractivity contribution < 1.29 is 9.90 Å². The zero-order chi connectivity index (χ0) is 19.9. The molecule has 142 valence electrons. The number of aliphatic carboxylic acids is 1. The Morgan fingerprint density at radius 2 is 1.64 bits per heavy atom. The fourth-order valence-corrected chi connectivity index (χ4v) is 3.12. The molecular weight excluding hydrogens is 348 g/mol. The van der Waals surface area contributed by atoms with Crippen LogP contribution in [0.4, 0.5) is 5.69 Å². The highest BCUT2D eigenvalue weighted by molar-refractivity contribution is 6.11. The first-order valence-corrected chi connectivity index (χ1v) is 9.31. The summed E-state index contributed by atoms with van der Waals surface area (Å²) in [4.78, 5) is 10.7. The predicted octanol–water partition coefficient (Wildman–Crippen LogP) is 5.04. The van der Waals surface area contributed by atoms with Crippen molar-refractivity contribution >= 4 is 17.4 Å². The average Bonchev–Trinajstić information content (AvgIpc) is 2.71. The number of nitrogens with one attached hydrogen (secondary N) is 2. The third kappa shape index (κ3) is 5.30. The molecule has 0 atom stereocenters. The Kier molecular flexibility index (Phi) is 6.22. The lowest BCUT2D eigenvalue weighted by Gasteiger charge is -2.11. The summed E-state index contributed by atoms with van der Waals surface area (Å²) in [5.74, 6) is -0.779. The van der Waals surface area contributed by atoms with Crippen LogP contribution >= 0.6 is 0 Å². The summed E-state index contributed by atoms with van der Waals surface area (Å²) >= 11 is 0. The van der Waals surface area contributed by atoms with E-state index >= 15 is 0 Å². The van der Waals surface area contributed by atoms with Crippen molar-refractivity contribution in [3.05, 3.63) is 101 Å². The molecule has 0 aliphatic carbocycles. The molecule has 0 saturated carbocycles. The number of hydrogen-bond donors (Lipinski definition) is 3. The third-order valence-electron chi connectivity index (χ3n) is 4.57. The van der Waals surface area contributed by atoms with Gasteiger partial charge in [-0.2, -0.15) is 0 Å². The Bertz CT molecular complexity index is 964. The van der Waals surface area contributed by atoms with Gasteiger partial charge in [-0.05, 0) is 54.3 Å². The molecule has 0 heterocycles. The maximum absolute atomic E-state index is 10.7. The minimum absolute atomic E-state index is 0.145. The smallest absolute Gasteiger partial charge is 0.303 e. The van der Waals surface area contributed by atoms with E-state index in [1.807, 2.05) is 67.6 Å². The van der Waals surface area contributed by atoms with E-state index in [9.17, 15) is 4.79 Å². The van der Waals surface area contributed by atoms with Crippen LogP contribution in [0, 0.1) is 12.3 Å². The second kappa shape index (κ2) is 9.00. The summed E-state index contributed by atoms with van der Waals surface area (Å²) in [6, 6.07) is 23.8. The summed E-state index contributed by atoms with van der Waals surface area (Å²) in [6.07, 6.45) is 0.685. The second-order valence-electron chi connectivity index (χ2n) is 6.89. The number of benzene rings is 3. The van der Waals surface area contributed by atoms with Gasteiger partial charge in [0.25, 0.3) is 0 Å². The van der Waals surface area contributed by atoms with Gasteiger partial charge in [-0.3, -0.25) is 10.2 Å². The zero-order valence-electron chi connectivity index (χ0n) is 15.9. The standard InChI is InChI=1S/C24H24N2O2/c1-17-13-19(15-21(14-17)24(25)20-5-3-2-4-6-20)16-26-22-10-7-18(8-11-22)9-12-23(27)28/h2-8,10-11,13-15,25-26H,9,12,16H2,1H3,(H,27,28). The number of rotatable bonds is 8. The molecule has 0 aliphatic rings. The van der Waals surface area contributed by atoms with Gasteiger partial charge in [-0.25, -0.2) is 0 Å². The lowest BCUT2D eigenvalue weighted by molar-refractivity contribution is -0.136. The molecule has 0 radical (unpaired) electrons. The number of aryl methyl sites for hydroxylation is 2. The Balaban J connectivity index is 1.67. The van der Waals surface area contributed by atoms with Gasteiger partial charge >= 0.3 is 5.97 Å². The van der Waals surface area contributed by atoms with Gasteiger partial charge in [0.2, 0.25) is 0 Å². The minimum atomic E-state index is -0.779. The summed E-state index contributed by atoms with van der Waals surface area (Å²) in [7, 11) is 0. The molecule has 0 bridgehead atoms. The molecule has 0 spiro atoms.